The van der Waals surface area contributed by atoms with Gasteiger partial charge < -0.3 is 15.2 Å². The molecule has 2 unspecified atom stereocenters. The third-order valence-corrected chi connectivity index (χ3v) is 2.81. The summed E-state index contributed by atoms with van der Waals surface area (Å²) in [5.74, 6) is -1.51. The van der Waals surface area contributed by atoms with E-state index < -0.39 is 10.9 Å². The predicted octanol–water partition coefficient (Wildman–Crippen LogP) is 0.612. The molecular formula is C8H10N4O4. The minimum absolute atomic E-state index is 0.0951. The van der Waals surface area contributed by atoms with Gasteiger partial charge in [0.2, 0.25) is 0 Å². The van der Waals surface area contributed by atoms with E-state index in [1.165, 1.54) is 10.9 Å². The van der Waals surface area contributed by atoms with Gasteiger partial charge in [0, 0.05) is 0 Å². The van der Waals surface area contributed by atoms with Crippen LogP contribution >= 0.6 is 0 Å². The van der Waals surface area contributed by atoms with Crippen molar-refractivity contribution >= 4 is 11.8 Å². The number of hydrogen-bond acceptors (Lipinski definition) is 5. The zero-order valence-electron chi connectivity index (χ0n) is 8.31. The topological polar surface area (TPSA) is 111 Å². The molecule has 1 N–H and O–H groups in total. The Labute approximate surface area is 90.0 Å². The van der Waals surface area contributed by atoms with Crippen LogP contribution in [0.1, 0.15) is 25.3 Å². The first-order chi connectivity index (χ1) is 7.58. The minimum Gasteiger partial charge on any atom is -0.481 e. The van der Waals surface area contributed by atoms with Gasteiger partial charge in [-0.1, -0.05) is 0 Å². The van der Waals surface area contributed by atoms with E-state index in [-0.39, 0.29) is 17.8 Å². The number of aromatic nitrogens is 3. The van der Waals surface area contributed by atoms with Crippen molar-refractivity contribution < 1.29 is 14.8 Å². The molecule has 0 aromatic carbocycles. The lowest BCUT2D eigenvalue weighted by atomic mass is 10.1. The first kappa shape index (κ1) is 10.5. The molecule has 1 aromatic rings. The van der Waals surface area contributed by atoms with Gasteiger partial charge in [0.05, 0.1) is 17.2 Å². The Morgan fingerprint density at radius 3 is 2.88 bits per heavy atom. The SMILES string of the molecule is O=C(O)C1CCC(n2cc([N+](=O)[O-])nn2)C1. The average molecular weight is 226 g/mol. The van der Waals surface area contributed by atoms with Crippen LogP contribution in [-0.4, -0.2) is 31.0 Å². The molecule has 0 bridgehead atoms. The van der Waals surface area contributed by atoms with Crippen LogP contribution in [0.2, 0.25) is 0 Å². The van der Waals surface area contributed by atoms with Crippen LogP contribution < -0.4 is 0 Å². The molecule has 1 saturated carbocycles. The highest BCUT2D eigenvalue weighted by molar-refractivity contribution is 5.70. The number of carboxylic acids is 1. The fourth-order valence-corrected chi connectivity index (χ4v) is 1.95. The quantitative estimate of drug-likeness (QED) is 0.597. The summed E-state index contributed by atoms with van der Waals surface area (Å²) in [6.45, 7) is 0. The molecule has 1 aliphatic rings. The van der Waals surface area contributed by atoms with E-state index >= 15 is 0 Å². The van der Waals surface area contributed by atoms with Gasteiger partial charge in [-0.15, -0.1) is 0 Å². The molecule has 0 spiro atoms. The van der Waals surface area contributed by atoms with Gasteiger partial charge in [-0.05, 0) is 24.2 Å². The van der Waals surface area contributed by atoms with Crippen molar-refractivity contribution in [3.8, 4) is 0 Å². The normalized spacial score (nSPS) is 24.5. The minimum atomic E-state index is -0.822. The maximum Gasteiger partial charge on any atom is 0.410 e. The Morgan fingerprint density at radius 2 is 2.38 bits per heavy atom. The molecule has 0 amide bonds. The third kappa shape index (κ3) is 1.86. The molecular weight excluding hydrogens is 216 g/mol. The first-order valence-corrected chi connectivity index (χ1v) is 4.87. The maximum absolute atomic E-state index is 10.7. The molecule has 0 saturated heterocycles. The third-order valence-electron chi connectivity index (χ3n) is 2.81. The molecule has 1 heterocycles. The van der Waals surface area contributed by atoms with Crippen molar-refractivity contribution in [2.45, 2.75) is 25.3 Å². The Kier molecular flexibility index (Phi) is 2.55. The van der Waals surface area contributed by atoms with Crippen molar-refractivity contribution in [3.63, 3.8) is 0 Å². The summed E-state index contributed by atoms with van der Waals surface area (Å²) in [6, 6.07) is -0.0951. The Hall–Kier alpha value is -1.99. The van der Waals surface area contributed by atoms with Gasteiger partial charge in [-0.3, -0.25) is 4.79 Å². The standard InChI is InChI=1S/C8H10N4O4/c13-8(14)5-1-2-6(3-5)11-4-7(9-10-11)12(15)16/h4-6H,1-3H2,(H,13,14). The van der Waals surface area contributed by atoms with Crippen LogP contribution in [0.5, 0.6) is 0 Å². The van der Waals surface area contributed by atoms with Gasteiger partial charge >= 0.3 is 11.8 Å². The van der Waals surface area contributed by atoms with E-state index in [2.05, 4.69) is 10.3 Å². The summed E-state index contributed by atoms with van der Waals surface area (Å²) in [7, 11) is 0. The number of carboxylic acid groups (broad SMARTS) is 1. The van der Waals surface area contributed by atoms with Crippen LogP contribution in [-0.2, 0) is 4.79 Å². The summed E-state index contributed by atoms with van der Waals surface area (Å²) in [5, 5.41) is 26.3. The molecule has 2 rings (SSSR count). The molecule has 0 radical (unpaired) electrons. The second kappa shape index (κ2) is 3.87. The summed E-state index contributed by atoms with van der Waals surface area (Å²) in [5.41, 5.74) is 0. The number of rotatable bonds is 3. The fraction of sp³-hybridized carbons (Fsp3) is 0.625. The van der Waals surface area contributed by atoms with Crippen molar-refractivity contribution in [2.24, 2.45) is 5.92 Å². The molecule has 2 atom stereocenters. The smallest absolute Gasteiger partial charge is 0.410 e. The van der Waals surface area contributed by atoms with Crippen LogP contribution in [0, 0.1) is 16.0 Å². The van der Waals surface area contributed by atoms with Gasteiger partial charge in [-0.2, -0.15) is 0 Å². The largest absolute Gasteiger partial charge is 0.481 e. The summed E-state index contributed by atoms with van der Waals surface area (Å²) < 4.78 is 1.39. The van der Waals surface area contributed by atoms with Gasteiger partial charge in [0.15, 0.2) is 0 Å². The monoisotopic (exact) mass is 226 g/mol. The summed E-state index contributed by atoms with van der Waals surface area (Å²) >= 11 is 0. The Morgan fingerprint density at radius 1 is 1.62 bits per heavy atom. The van der Waals surface area contributed by atoms with Crippen LogP contribution in [0.3, 0.4) is 0 Å². The zero-order chi connectivity index (χ0) is 11.7. The molecule has 86 valence electrons. The lowest BCUT2D eigenvalue weighted by Gasteiger charge is -2.06. The van der Waals surface area contributed by atoms with Crippen molar-refractivity contribution in [1.82, 2.24) is 15.0 Å². The van der Waals surface area contributed by atoms with E-state index in [4.69, 9.17) is 5.11 Å². The fourth-order valence-electron chi connectivity index (χ4n) is 1.95. The van der Waals surface area contributed by atoms with Crippen LogP contribution in [0.15, 0.2) is 6.20 Å². The lowest BCUT2D eigenvalue weighted by Crippen LogP contribution is -2.11. The second-order valence-corrected chi connectivity index (χ2v) is 3.82. The van der Waals surface area contributed by atoms with Crippen LogP contribution in [0.25, 0.3) is 0 Å². The molecule has 16 heavy (non-hydrogen) atoms. The number of aliphatic carboxylic acids is 1. The van der Waals surface area contributed by atoms with E-state index in [1.54, 1.807) is 0 Å². The van der Waals surface area contributed by atoms with E-state index in [0.717, 1.165) is 0 Å². The first-order valence-electron chi connectivity index (χ1n) is 4.87. The van der Waals surface area contributed by atoms with Crippen molar-refractivity contribution in [1.29, 1.82) is 0 Å². The van der Waals surface area contributed by atoms with Gasteiger partial charge in [-0.25, -0.2) is 4.68 Å². The number of carbonyl (C=O) groups is 1. The highest BCUT2D eigenvalue weighted by Crippen LogP contribution is 2.34. The van der Waals surface area contributed by atoms with Gasteiger partial charge in [0.25, 0.3) is 0 Å². The maximum atomic E-state index is 10.7. The number of nitro groups is 1. The molecule has 8 nitrogen and oxygen atoms in total. The molecule has 8 heteroatoms. The Balaban J connectivity index is 2.08. The van der Waals surface area contributed by atoms with E-state index in [1.807, 2.05) is 0 Å². The zero-order valence-corrected chi connectivity index (χ0v) is 8.31. The van der Waals surface area contributed by atoms with Crippen LogP contribution in [0.4, 0.5) is 5.82 Å². The second-order valence-electron chi connectivity index (χ2n) is 3.82. The molecule has 1 aromatic heterocycles. The highest BCUT2D eigenvalue weighted by atomic mass is 16.6. The lowest BCUT2D eigenvalue weighted by molar-refractivity contribution is -0.389. The summed E-state index contributed by atoms with van der Waals surface area (Å²) in [6.07, 6.45) is 2.94. The van der Waals surface area contributed by atoms with E-state index in [0.29, 0.717) is 19.3 Å². The molecule has 1 fully saturated rings. The van der Waals surface area contributed by atoms with Crippen molar-refractivity contribution in [3.05, 3.63) is 16.3 Å². The average Bonchev–Trinajstić information content (AvgIpc) is 2.86. The van der Waals surface area contributed by atoms with E-state index in [9.17, 15) is 14.9 Å². The number of nitrogens with zero attached hydrogens (tertiary/aromatic N) is 4. The summed E-state index contributed by atoms with van der Waals surface area (Å²) in [4.78, 5) is 20.5. The Bertz CT molecular complexity index is 429. The highest BCUT2D eigenvalue weighted by Gasteiger charge is 2.32. The number of hydrogen-bond donors (Lipinski definition) is 1. The van der Waals surface area contributed by atoms with Crippen molar-refractivity contribution in [2.75, 3.05) is 0 Å². The molecule has 1 aliphatic carbocycles. The molecule has 0 aliphatic heterocycles. The van der Waals surface area contributed by atoms with Gasteiger partial charge in [0.1, 0.15) is 11.3 Å². The predicted molar refractivity (Wildman–Crippen MR) is 50.7 cm³/mol.